The summed E-state index contributed by atoms with van der Waals surface area (Å²) in [6.45, 7) is 0. The zero-order chi connectivity index (χ0) is 11.4. The van der Waals surface area contributed by atoms with Gasteiger partial charge in [-0.3, -0.25) is 4.79 Å². The van der Waals surface area contributed by atoms with Gasteiger partial charge in [-0.15, -0.1) is 0 Å². The van der Waals surface area contributed by atoms with E-state index in [1.54, 1.807) is 0 Å². The van der Waals surface area contributed by atoms with Crippen molar-refractivity contribution in [3.63, 3.8) is 0 Å². The fourth-order valence-corrected chi connectivity index (χ4v) is 2.96. The number of rotatable bonds is 3. The van der Waals surface area contributed by atoms with Crippen LogP contribution in [0, 0.1) is 5.92 Å². The molecule has 0 N–H and O–H groups in total. The predicted molar refractivity (Wildman–Crippen MR) is 69.7 cm³/mol. The SMILES string of the molecule is O=C(CC1CCCCC1)c1ccccc1Br. The fourth-order valence-electron chi connectivity index (χ4n) is 2.45. The minimum Gasteiger partial charge on any atom is -0.294 e. The van der Waals surface area contributed by atoms with Crippen molar-refractivity contribution < 1.29 is 4.79 Å². The first-order chi connectivity index (χ1) is 7.77. The third-order valence-electron chi connectivity index (χ3n) is 3.37. The van der Waals surface area contributed by atoms with Gasteiger partial charge in [0.25, 0.3) is 0 Å². The summed E-state index contributed by atoms with van der Waals surface area (Å²) in [5.41, 5.74) is 0.841. The maximum atomic E-state index is 12.1. The standard InChI is InChI=1S/C14H17BrO/c15-13-9-5-4-8-12(13)14(16)10-11-6-2-1-3-7-11/h4-5,8-9,11H,1-3,6-7,10H2. The number of carbonyl (C=O) groups is 1. The summed E-state index contributed by atoms with van der Waals surface area (Å²) >= 11 is 3.44. The molecule has 0 heterocycles. The normalized spacial score (nSPS) is 17.3. The van der Waals surface area contributed by atoms with Crippen molar-refractivity contribution in [2.24, 2.45) is 5.92 Å². The van der Waals surface area contributed by atoms with Crippen LogP contribution in [0.5, 0.6) is 0 Å². The first kappa shape index (κ1) is 11.8. The van der Waals surface area contributed by atoms with E-state index in [0.29, 0.717) is 11.7 Å². The molecule has 2 rings (SSSR count). The van der Waals surface area contributed by atoms with Crippen LogP contribution in [0.4, 0.5) is 0 Å². The van der Waals surface area contributed by atoms with Crippen LogP contribution in [-0.4, -0.2) is 5.78 Å². The van der Waals surface area contributed by atoms with Gasteiger partial charge in [-0.05, 0) is 12.0 Å². The molecule has 0 saturated heterocycles. The van der Waals surface area contributed by atoms with Crippen molar-refractivity contribution in [2.45, 2.75) is 38.5 Å². The summed E-state index contributed by atoms with van der Waals surface area (Å²) in [4.78, 5) is 12.1. The molecule has 0 amide bonds. The first-order valence-corrected chi connectivity index (χ1v) is 6.84. The molecular formula is C14H17BrO. The summed E-state index contributed by atoms with van der Waals surface area (Å²) < 4.78 is 0.927. The van der Waals surface area contributed by atoms with Crippen LogP contribution in [0.1, 0.15) is 48.9 Å². The van der Waals surface area contributed by atoms with Crippen LogP contribution in [0.3, 0.4) is 0 Å². The molecule has 0 aliphatic heterocycles. The molecule has 0 radical (unpaired) electrons. The maximum Gasteiger partial charge on any atom is 0.164 e. The molecule has 0 aromatic heterocycles. The van der Waals surface area contributed by atoms with Crippen LogP contribution >= 0.6 is 15.9 Å². The Hall–Kier alpha value is -0.630. The van der Waals surface area contributed by atoms with E-state index in [9.17, 15) is 4.79 Å². The summed E-state index contributed by atoms with van der Waals surface area (Å²) in [6.07, 6.45) is 7.14. The van der Waals surface area contributed by atoms with Crippen LogP contribution in [0.15, 0.2) is 28.7 Å². The Morgan fingerprint density at radius 1 is 1.19 bits per heavy atom. The molecule has 1 aliphatic rings. The second-order valence-electron chi connectivity index (χ2n) is 4.61. The highest BCUT2D eigenvalue weighted by molar-refractivity contribution is 9.10. The van der Waals surface area contributed by atoms with Gasteiger partial charge >= 0.3 is 0 Å². The molecule has 1 nitrogen and oxygen atoms in total. The van der Waals surface area contributed by atoms with Crippen LogP contribution in [0.25, 0.3) is 0 Å². The van der Waals surface area contributed by atoms with Gasteiger partial charge in [0.1, 0.15) is 0 Å². The van der Waals surface area contributed by atoms with Crippen molar-refractivity contribution in [1.29, 1.82) is 0 Å². The molecule has 0 atom stereocenters. The molecule has 2 heteroatoms. The Balaban J connectivity index is 2.00. The number of carbonyl (C=O) groups excluding carboxylic acids is 1. The van der Waals surface area contributed by atoms with Gasteiger partial charge in [0.2, 0.25) is 0 Å². The number of ketones is 1. The van der Waals surface area contributed by atoms with E-state index in [1.165, 1.54) is 32.1 Å². The predicted octanol–water partition coefficient (Wildman–Crippen LogP) is 4.60. The molecule has 1 aliphatic carbocycles. The van der Waals surface area contributed by atoms with Crippen LogP contribution < -0.4 is 0 Å². The lowest BCUT2D eigenvalue weighted by Crippen LogP contribution is -2.12. The highest BCUT2D eigenvalue weighted by Gasteiger charge is 2.18. The van der Waals surface area contributed by atoms with Gasteiger partial charge in [-0.2, -0.15) is 0 Å². The van der Waals surface area contributed by atoms with Gasteiger partial charge in [-0.25, -0.2) is 0 Å². The van der Waals surface area contributed by atoms with E-state index in [-0.39, 0.29) is 0 Å². The Morgan fingerprint density at radius 3 is 2.56 bits per heavy atom. The van der Waals surface area contributed by atoms with Gasteiger partial charge in [-0.1, -0.05) is 66.2 Å². The molecule has 0 spiro atoms. The van der Waals surface area contributed by atoms with Crippen molar-refractivity contribution in [3.8, 4) is 0 Å². The van der Waals surface area contributed by atoms with Gasteiger partial charge < -0.3 is 0 Å². The average Bonchev–Trinajstić information content (AvgIpc) is 2.31. The largest absolute Gasteiger partial charge is 0.294 e. The number of benzene rings is 1. The molecule has 86 valence electrons. The van der Waals surface area contributed by atoms with Gasteiger partial charge in [0.15, 0.2) is 5.78 Å². The van der Waals surface area contributed by atoms with Crippen molar-refractivity contribution in [3.05, 3.63) is 34.3 Å². The second kappa shape index (κ2) is 5.62. The Kier molecular flexibility index (Phi) is 4.16. The highest BCUT2D eigenvalue weighted by Crippen LogP contribution is 2.28. The Labute approximate surface area is 105 Å². The minimum absolute atomic E-state index is 0.291. The van der Waals surface area contributed by atoms with Gasteiger partial charge in [0, 0.05) is 16.5 Å². The van der Waals surface area contributed by atoms with Crippen LogP contribution in [-0.2, 0) is 0 Å². The van der Waals surface area contributed by atoms with Gasteiger partial charge in [0.05, 0.1) is 0 Å². The number of halogens is 1. The number of hydrogen-bond acceptors (Lipinski definition) is 1. The highest BCUT2D eigenvalue weighted by atomic mass is 79.9. The smallest absolute Gasteiger partial charge is 0.164 e. The molecule has 1 aromatic carbocycles. The average molecular weight is 281 g/mol. The van der Waals surface area contributed by atoms with E-state index in [1.807, 2.05) is 24.3 Å². The number of hydrogen-bond donors (Lipinski definition) is 0. The van der Waals surface area contributed by atoms with E-state index >= 15 is 0 Å². The lowest BCUT2D eigenvalue weighted by Gasteiger charge is -2.20. The molecule has 1 saturated carbocycles. The minimum atomic E-state index is 0.291. The summed E-state index contributed by atoms with van der Waals surface area (Å²) in [5, 5.41) is 0. The zero-order valence-electron chi connectivity index (χ0n) is 9.42. The molecule has 0 unspecified atom stereocenters. The third kappa shape index (κ3) is 2.94. The second-order valence-corrected chi connectivity index (χ2v) is 5.47. The van der Waals surface area contributed by atoms with E-state index < -0.39 is 0 Å². The zero-order valence-corrected chi connectivity index (χ0v) is 11.0. The monoisotopic (exact) mass is 280 g/mol. The van der Waals surface area contributed by atoms with E-state index in [2.05, 4.69) is 15.9 Å². The van der Waals surface area contributed by atoms with Crippen molar-refractivity contribution in [1.82, 2.24) is 0 Å². The quantitative estimate of drug-likeness (QED) is 0.740. The van der Waals surface area contributed by atoms with E-state index in [0.717, 1.165) is 16.5 Å². The summed E-state index contributed by atoms with van der Waals surface area (Å²) in [7, 11) is 0. The first-order valence-electron chi connectivity index (χ1n) is 6.05. The molecule has 1 aromatic rings. The Morgan fingerprint density at radius 2 is 1.88 bits per heavy atom. The molecular weight excluding hydrogens is 264 g/mol. The van der Waals surface area contributed by atoms with Crippen molar-refractivity contribution >= 4 is 21.7 Å². The van der Waals surface area contributed by atoms with E-state index in [4.69, 9.17) is 0 Å². The number of Topliss-reactive ketones (excluding diaryl/α,β-unsaturated/α-hetero) is 1. The molecule has 16 heavy (non-hydrogen) atoms. The summed E-state index contributed by atoms with van der Waals surface area (Å²) in [5.74, 6) is 0.910. The third-order valence-corrected chi connectivity index (χ3v) is 4.06. The lowest BCUT2D eigenvalue weighted by molar-refractivity contribution is 0.0949. The maximum absolute atomic E-state index is 12.1. The topological polar surface area (TPSA) is 17.1 Å². The molecule has 0 bridgehead atoms. The lowest BCUT2D eigenvalue weighted by atomic mass is 9.85. The Bertz CT molecular complexity index is 367. The fraction of sp³-hybridized carbons (Fsp3) is 0.500. The van der Waals surface area contributed by atoms with Crippen LogP contribution in [0.2, 0.25) is 0 Å². The molecule has 1 fully saturated rings. The van der Waals surface area contributed by atoms with Crippen molar-refractivity contribution in [2.75, 3.05) is 0 Å². The summed E-state index contributed by atoms with van der Waals surface area (Å²) in [6, 6.07) is 7.73.